The fourth-order valence-electron chi connectivity index (χ4n) is 1.59. The average Bonchev–Trinajstić information content (AvgIpc) is 2.34. The Bertz CT molecular complexity index is 463. The lowest BCUT2D eigenvalue weighted by Gasteiger charge is -2.21. The van der Waals surface area contributed by atoms with Gasteiger partial charge < -0.3 is 10.2 Å². The molecule has 0 saturated heterocycles. The topological polar surface area (TPSA) is 62.3 Å². The number of pyridine rings is 1. The Morgan fingerprint density at radius 2 is 2.16 bits per heavy atom. The van der Waals surface area contributed by atoms with Crippen molar-refractivity contribution in [3.8, 4) is 0 Å². The molecule has 1 aromatic rings. The van der Waals surface area contributed by atoms with Crippen molar-refractivity contribution < 1.29 is 9.59 Å². The molecule has 1 N–H and O–H groups in total. The number of hydrogen-bond donors (Lipinski definition) is 1. The zero-order valence-electron chi connectivity index (χ0n) is 11.3. The SMILES string of the molecule is CCN(CC(=O)NC(C)C)C(=O)c1ccnc(Cl)c1. The van der Waals surface area contributed by atoms with E-state index >= 15 is 0 Å². The summed E-state index contributed by atoms with van der Waals surface area (Å²) in [6.45, 7) is 6.05. The first-order valence-corrected chi connectivity index (χ1v) is 6.52. The molecule has 0 aliphatic rings. The van der Waals surface area contributed by atoms with Gasteiger partial charge in [-0.05, 0) is 32.9 Å². The van der Waals surface area contributed by atoms with Crippen LogP contribution in [-0.2, 0) is 4.79 Å². The van der Waals surface area contributed by atoms with Gasteiger partial charge in [0.1, 0.15) is 5.15 Å². The quantitative estimate of drug-likeness (QED) is 0.837. The predicted octanol–water partition coefficient (Wildman–Crippen LogP) is 1.72. The molecule has 0 radical (unpaired) electrons. The Morgan fingerprint density at radius 1 is 1.47 bits per heavy atom. The van der Waals surface area contributed by atoms with Gasteiger partial charge in [-0.15, -0.1) is 0 Å². The van der Waals surface area contributed by atoms with Gasteiger partial charge in [0.2, 0.25) is 5.91 Å². The summed E-state index contributed by atoms with van der Waals surface area (Å²) in [6.07, 6.45) is 1.47. The molecule has 6 heteroatoms. The first-order chi connectivity index (χ1) is 8.93. The molecule has 0 aliphatic carbocycles. The van der Waals surface area contributed by atoms with Crippen LogP contribution in [0.2, 0.25) is 5.15 Å². The lowest BCUT2D eigenvalue weighted by Crippen LogP contribution is -2.42. The molecule has 1 heterocycles. The molecule has 0 saturated carbocycles. The number of nitrogens with zero attached hydrogens (tertiary/aromatic N) is 2. The molecule has 0 unspecified atom stereocenters. The van der Waals surface area contributed by atoms with Crippen LogP contribution in [-0.4, -0.2) is 40.8 Å². The number of rotatable bonds is 5. The number of likely N-dealkylation sites (N-methyl/N-ethyl adjacent to an activating group) is 1. The molecule has 0 fully saturated rings. The van der Waals surface area contributed by atoms with E-state index in [1.165, 1.54) is 17.2 Å². The molecule has 0 aliphatic heterocycles. The largest absolute Gasteiger partial charge is 0.352 e. The van der Waals surface area contributed by atoms with Crippen molar-refractivity contribution in [1.29, 1.82) is 0 Å². The van der Waals surface area contributed by atoms with E-state index in [0.29, 0.717) is 12.1 Å². The maximum absolute atomic E-state index is 12.2. The van der Waals surface area contributed by atoms with E-state index in [2.05, 4.69) is 10.3 Å². The maximum Gasteiger partial charge on any atom is 0.254 e. The summed E-state index contributed by atoms with van der Waals surface area (Å²) in [6, 6.07) is 3.13. The van der Waals surface area contributed by atoms with Gasteiger partial charge in [0.25, 0.3) is 5.91 Å². The minimum absolute atomic E-state index is 0.0352. The van der Waals surface area contributed by atoms with Gasteiger partial charge in [-0.3, -0.25) is 9.59 Å². The van der Waals surface area contributed by atoms with Crippen LogP contribution in [0.3, 0.4) is 0 Å². The van der Waals surface area contributed by atoms with E-state index in [0.717, 1.165) is 0 Å². The number of nitrogens with one attached hydrogen (secondary N) is 1. The Kier molecular flexibility index (Phi) is 5.76. The van der Waals surface area contributed by atoms with Crippen molar-refractivity contribution >= 4 is 23.4 Å². The standard InChI is InChI=1S/C13H18ClN3O2/c1-4-17(8-12(18)16-9(2)3)13(19)10-5-6-15-11(14)7-10/h5-7,9H,4,8H2,1-3H3,(H,16,18). The molecule has 0 spiro atoms. The molecule has 1 rings (SSSR count). The van der Waals surface area contributed by atoms with Gasteiger partial charge in [0.15, 0.2) is 0 Å². The second kappa shape index (κ2) is 7.09. The minimum atomic E-state index is -0.231. The van der Waals surface area contributed by atoms with E-state index in [1.807, 2.05) is 20.8 Å². The number of carbonyl (C=O) groups is 2. The molecule has 5 nitrogen and oxygen atoms in total. The number of amides is 2. The summed E-state index contributed by atoms with van der Waals surface area (Å²) in [5.74, 6) is -0.406. The van der Waals surface area contributed by atoms with Gasteiger partial charge >= 0.3 is 0 Å². The number of aromatic nitrogens is 1. The minimum Gasteiger partial charge on any atom is -0.352 e. The summed E-state index contributed by atoms with van der Waals surface area (Å²) in [4.78, 5) is 29.2. The molecular weight excluding hydrogens is 266 g/mol. The predicted molar refractivity (Wildman–Crippen MR) is 74.1 cm³/mol. The molecule has 1 aromatic heterocycles. The lowest BCUT2D eigenvalue weighted by molar-refractivity contribution is -0.122. The molecule has 0 bridgehead atoms. The highest BCUT2D eigenvalue weighted by Gasteiger charge is 2.17. The van der Waals surface area contributed by atoms with Crippen molar-refractivity contribution in [2.24, 2.45) is 0 Å². The van der Waals surface area contributed by atoms with E-state index in [-0.39, 0.29) is 29.6 Å². The maximum atomic E-state index is 12.2. The van der Waals surface area contributed by atoms with Gasteiger partial charge in [0.05, 0.1) is 6.54 Å². The van der Waals surface area contributed by atoms with Crippen molar-refractivity contribution in [3.05, 3.63) is 29.0 Å². The highest BCUT2D eigenvalue weighted by atomic mass is 35.5. The third-order valence-electron chi connectivity index (χ3n) is 2.43. The first-order valence-electron chi connectivity index (χ1n) is 6.14. The molecule has 0 atom stereocenters. The summed E-state index contributed by atoms with van der Waals surface area (Å²) in [5, 5.41) is 3.01. The average molecular weight is 284 g/mol. The van der Waals surface area contributed by atoms with Crippen LogP contribution in [0.25, 0.3) is 0 Å². The van der Waals surface area contributed by atoms with Crippen LogP contribution in [0, 0.1) is 0 Å². The van der Waals surface area contributed by atoms with Crippen molar-refractivity contribution in [3.63, 3.8) is 0 Å². The zero-order valence-corrected chi connectivity index (χ0v) is 12.1. The third kappa shape index (κ3) is 4.87. The Labute approximate surface area is 118 Å². The van der Waals surface area contributed by atoms with Crippen molar-refractivity contribution in [2.75, 3.05) is 13.1 Å². The summed E-state index contributed by atoms with van der Waals surface area (Å²) >= 11 is 5.75. The molecular formula is C13H18ClN3O2. The van der Waals surface area contributed by atoms with Crippen LogP contribution in [0.5, 0.6) is 0 Å². The summed E-state index contributed by atoms with van der Waals surface area (Å²) < 4.78 is 0. The van der Waals surface area contributed by atoms with Crippen LogP contribution in [0.4, 0.5) is 0 Å². The van der Waals surface area contributed by atoms with Crippen LogP contribution >= 0.6 is 11.6 Å². The van der Waals surface area contributed by atoms with E-state index in [9.17, 15) is 9.59 Å². The second-order valence-corrected chi connectivity index (χ2v) is 4.80. The molecule has 104 valence electrons. The van der Waals surface area contributed by atoms with E-state index in [4.69, 9.17) is 11.6 Å². The fraction of sp³-hybridized carbons (Fsp3) is 0.462. The normalized spacial score (nSPS) is 10.4. The zero-order chi connectivity index (χ0) is 14.4. The van der Waals surface area contributed by atoms with Crippen LogP contribution in [0.1, 0.15) is 31.1 Å². The van der Waals surface area contributed by atoms with Gasteiger partial charge in [0, 0.05) is 24.3 Å². The third-order valence-corrected chi connectivity index (χ3v) is 2.63. The smallest absolute Gasteiger partial charge is 0.254 e. The van der Waals surface area contributed by atoms with Crippen molar-refractivity contribution in [1.82, 2.24) is 15.2 Å². The first kappa shape index (κ1) is 15.4. The molecule has 0 aromatic carbocycles. The van der Waals surface area contributed by atoms with E-state index in [1.54, 1.807) is 6.07 Å². The van der Waals surface area contributed by atoms with Crippen molar-refractivity contribution in [2.45, 2.75) is 26.8 Å². The van der Waals surface area contributed by atoms with Crippen LogP contribution in [0.15, 0.2) is 18.3 Å². The summed E-state index contributed by atoms with van der Waals surface area (Å²) in [5.41, 5.74) is 0.430. The Balaban J connectivity index is 2.74. The Hall–Kier alpha value is -1.62. The monoisotopic (exact) mass is 283 g/mol. The molecule has 19 heavy (non-hydrogen) atoms. The van der Waals surface area contributed by atoms with E-state index < -0.39 is 0 Å². The highest BCUT2D eigenvalue weighted by Crippen LogP contribution is 2.09. The summed E-state index contributed by atoms with van der Waals surface area (Å²) in [7, 11) is 0. The highest BCUT2D eigenvalue weighted by molar-refractivity contribution is 6.29. The van der Waals surface area contributed by atoms with Gasteiger partial charge in [-0.1, -0.05) is 11.6 Å². The Morgan fingerprint density at radius 3 is 2.68 bits per heavy atom. The number of carbonyl (C=O) groups excluding carboxylic acids is 2. The molecule has 2 amide bonds. The number of halogens is 1. The lowest BCUT2D eigenvalue weighted by atomic mass is 10.2. The number of hydrogen-bond acceptors (Lipinski definition) is 3. The van der Waals surface area contributed by atoms with Gasteiger partial charge in [-0.25, -0.2) is 4.98 Å². The van der Waals surface area contributed by atoms with Gasteiger partial charge in [-0.2, -0.15) is 0 Å². The van der Waals surface area contributed by atoms with Crippen LogP contribution < -0.4 is 5.32 Å². The second-order valence-electron chi connectivity index (χ2n) is 4.41. The fourth-order valence-corrected chi connectivity index (χ4v) is 1.76.